The maximum Gasteiger partial charge on any atom is 0.0726 e. The minimum absolute atomic E-state index is 0.0469. The van der Waals surface area contributed by atoms with Crippen LogP contribution in [0.15, 0.2) is 175 Å². The molecule has 1 atom stereocenters. The van der Waals surface area contributed by atoms with Gasteiger partial charge in [0.15, 0.2) is 0 Å². The lowest BCUT2D eigenvalue weighted by atomic mass is 9.70. The molecule has 0 bridgehead atoms. The Balaban J connectivity index is 1.11. The molecule has 7 aromatic carbocycles. The summed E-state index contributed by atoms with van der Waals surface area (Å²) < 4.78 is 0. The summed E-state index contributed by atoms with van der Waals surface area (Å²) in [4.78, 5) is 2.71. The van der Waals surface area contributed by atoms with Gasteiger partial charge in [-0.2, -0.15) is 0 Å². The van der Waals surface area contributed by atoms with E-state index < -0.39 is 5.41 Å². The van der Waals surface area contributed by atoms with Gasteiger partial charge in [-0.05, 0) is 108 Å². The Kier molecular flexibility index (Phi) is 6.30. The molecule has 1 unspecified atom stereocenters. The van der Waals surface area contributed by atoms with Gasteiger partial charge in [0.05, 0.1) is 11.5 Å². The molecule has 0 aromatic heterocycles. The third kappa shape index (κ3) is 3.86. The van der Waals surface area contributed by atoms with Crippen molar-refractivity contribution < 1.29 is 0 Å². The lowest BCUT2D eigenvalue weighted by molar-refractivity contribution is 0.585. The summed E-state index contributed by atoms with van der Waals surface area (Å²) >= 11 is 0. The summed E-state index contributed by atoms with van der Waals surface area (Å²) in [5, 5.41) is 0. The highest BCUT2D eigenvalue weighted by molar-refractivity contribution is 6.00. The van der Waals surface area contributed by atoms with Crippen LogP contribution in [0.2, 0.25) is 0 Å². The van der Waals surface area contributed by atoms with Crippen molar-refractivity contribution in [3.05, 3.63) is 220 Å². The number of hydrogen-bond donors (Lipinski definition) is 0. The van der Waals surface area contributed by atoms with E-state index in [1.165, 1.54) is 100 Å². The first-order valence-electron chi connectivity index (χ1n) is 20.3. The van der Waals surface area contributed by atoms with E-state index in [0.29, 0.717) is 0 Å². The highest BCUT2D eigenvalue weighted by Crippen LogP contribution is 2.65. The summed E-state index contributed by atoms with van der Waals surface area (Å²) in [5.41, 5.74) is 24.1. The molecule has 1 nitrogen and oxygen atoms in total. The fraction of sp³-hybridized carbons (Fsp3) is 0.164. The predicted molar refractivity (Wildman–Crippen MR) is 233 cm³/mol. The van der Waals surface area contributed by atoms with E-state index in [0.717, 1.165) is 6.42 Å². The maximum absolute atomic E-state index is 2.71. The third-order valence-corrected chi connectivity index (χ3v) is 14.3. The third-order valence-electron chi connectivity index (χ3n) is 14.3. The van der Waals surface area contributed by atoms with Gasteiger partial charge in [0.1, 0.15) is 0 Å². The summed E-state index contributed by atoms with van der Waals surface area (Å²) in [6, 6.07) is 60.2. The predicted octanol–water partition coefficient (Wildman–Crippen LogP) is 13.5. The van der Waals surface area contributed by atoms with Crippen molar-refractivity contribution in [3.8, 4) is 33.4 Å². The molecule has 12 rings (SSSR count). The van der Waals surface area contributed by atoms with Gasteiger partial charge in [-0.15, -0.1) is 0 Å². The Labute approximate surface area is 330 Å². The van der Waals surface area contributed by atoms with Crippen LogP contribution in [0.4, 0.5) is 11.4 Å². The second kappa shape index (κ2) is 11.0. The van der Waals surface area contributed by atoms with E-state index in [-0.39, 0.29) is 16.9 Å². The molecule has 0 saturated carbocycles. The summed E-state index contributed by atoms with van der Waals surface area (Å²) in [7, 11) is 0. The van der Waals surface area contributed by atoms with E-state index in [9.17, 15) is 0 Å². The lowest BCUT2D eigenvalue weighted by Gasteiger charge is -2.38. The SMILES string of the molecule is CC1(C)C2=C(C=CC(N(c3ccc4c(c3)C(C)(C)c3ccccc3-4)c3cccc4c3-c3ccccc3C43c4ccccc4-c4ccccc43)C2)c2ccccc21. The minimum atomic E-state index is -0.393. The molecule has 0 aliphatic heterocycles. The largest absolute Gasteiger partial charge is 0.334 e. The van der Waals surface area contributed by atoms with E-state index in [1.54, 1.807) is 0 Å². The van der Waals surface area contributed by atoms with Crippen LogP contribution in [0, 0.1) is 0 Å². The molecule has 0 saturated heterocycles. The summed E-state index contributed by atoms with van der Waals surface area (Å²) in [6.45, 7) is 9.66. The van der Waals surface area contributed by atoms with Crippen molar-refractivity contribution in [2.24, 2.45) is 0 Å². The molecule has 0 radical (unpaired) electrons. The molecule has 56 heavy (non-hydrogen) atoms. The van der Waals surface area contributed by atoms with Crippen LogP contribution in [-0.2, 0) is 16.2 Å². The van der Waals surface area contributed by atoms with Crippen molar-refractivity contribution in [1.29, 1.82) is 0 Å². The number of nitrogens with zero attached hydrogens (tertiary/aromatic N) is 1. The summed E-state index contributed by atoms with van der Waals surface area (Å²) in [5.74, 6) is 0. The molecule has 0 N–H and O–H groups in total. The quantitative estimate of drug-likeness (QED) is 0.176. The smallest absolute Gasteiger partial charge is 0.0726 e. The Morgan fingerprint density at radius 2 is 0.946 bits per heavy atom. The zero-order valence-corrected chi connectivity index (χ0v) is 32.4. The van der Waals surface area contributed by atoms with Gasteiger partial charge in [-0.1, -0.05) is 179 Å². The molecule has 1 spiro atoms. The normalized spacial score (nSPS) is 18.8. The minimum Gasteiger partial charge on any atom is -0.334 e. The van der Waals surface area contributed by atoms with Gasteiger partial charge < -0.3 is 4.90 Å². The molecule has 0 fully saturated rings. The number of anilines is 2. The van der Waals surface area contributed by atoms with Crippen molar-refractivity contribution in [2.75, 3.05) is 4.90 Å². The number of benzene rings is 7. The Hall–Kier alpha value is -6.18. The first-order chi connectivity index (χ1) is 27.3. The van der Waals surface area contributed by atoms with Crippen LogP contribution in [0.25, 0.3) is 39.0 Å². The van der Waals surface area contributed by atoms with Crippen molar-refractivity contribution in [1.82, 2.24) is 0 Å². The van der Waals surface area contributed by atoms with Crippen LogP contribution < -0.4 is 4.90 Å². The second-order valence-electron chi connectivity index (χ2n) is 17.6. The van der Waals surface area contributed by atoms with Crippen molar-refractivity contribution in [2.45, 2.75) is 56.4 Å². The molecule has 1 heteroatoms. The number of allylic oxidation sites excluding steroid dienone is 2. The van der Waals surface area contributed by atoms with Crippen molar-refractivity contribution in [3.63, 3.8) is 0 Å². The highest BCUT2D eigenvalue weighted by atomic mass is 15.2. The second-order valence-corrected chi connectivity index (χ2v) is 17.6. The van der Waals surface area contributed by atoms with E-state index in [1.807, 2.05) is 0 Å². The van der Waals surface area contributed by atoms with E-state index >= 15 is 0 Å². The fourth-order valence-electron chi connectivity index (χ4n) is 11.8. The molecule has 0 heterocycles. The average Bonchev–Trinajstić information content (AvgIpc) is 3.87. The standard InChI is InChI=1S/C55H43N/c1-53(2)43-21-10-5-16-36(43)40-30-28-34(32-49(40)53)56(35-29-31-41-37-17-6-11-22-44(37)54(3,4)50(41)33-35)51-27-15-26-48-52(51)42-20-9-14-25-47(42)55(48)45-23-12-7-18-38(45)39-19-8-13-24-46(39)55/h5-32,35H,33H2,1-4H3. The monoisotopic (exact) mass is 717 g/mol. The van der Waals surface area contributed by atoms with Crippen molar-refractivity contribution >= 4 is 16.9 Å². The summed E-state index contributed by atoms with van der Waals surface area (Å²) in [6.07, 6.45) is 5.90. The Morgan fingerprint density at radius 3 is 1.61 bits per heavy atom. The highest BCUT2D eigenvalue weighted by Gasteiger charge is 2.52. The van der Waals surface area contributed by atoms with Crippen LogP contribution in [0.3, 0.4) is 0 Å². The molecular formula is C55H43N. The van der Waals surface area contributed by atoms with Gasteiger partial charge in [0.2, 0.25) is 0 Å². The number of hydrogen-bond acceptors (Lipinski definition) is 1. The maximum atomic E-state index is 2.71. The zero-order valence-electron chi connectivity index (χ0n) is 32.4. The topological polar surface area (TPSA) is 3.24 Å². The van der Waals surface area contributed by atoms with Gasteiger partial charge in [-0.3, -0.25) is 0 Å². The Morgan fingerprint density at radius 1 is 0.446 bits per heavy atom. The average molecular weight is 718 g/mol. The van der Waals surface area contributed by atoms with Gasteiger partial charge >= 0.3 is 0 Å². The number of fused-ring (bicyclic) bond motifs is 15. The van der Waals surface area contributed by atoms with E-state index in [2.05, 4.69) is 202 Å². The molecule has 268 valence electrons. The van der Waals surface area contributed by atoms with Crippen LogP contribution in [0.5, 0.6) is 0 Å². The molecule has 5 aliphatic rings. The molecule has 0 amide bonds. The number of rotatable bonds is 3. The first-order valence-corrected chi connectivity index (χ1v) is 20.3. The lowest BCUT2D eigenvalue weighted by Crippen LogP contribution is -2.34. The Bertz CT molecular complexity index is 2870. The van der Waals surface area contributed by atoms with Gasteiger partial charge in [0, 0.05) is 27.8 Å². The van der Waals surface area contributed by atoms with E-state index in [4.69, 9.17) is 0 Å². The molecule has 5 aliphatic carbocycles. The van der Waals surface area contributed by atoms with Crippen LogP contribution in [0.1, 0.15) is 78.6 Å². The molecular weight excluding hydrogens is 675 g/mol. The van der Waals surface area contributed by atoms with Crippen LogP contribution in [-0.4, -0.2) is 6.04 Å². The zero-order chi connectivity index (χ0) is 37.6. The van der Waals surface area contributed by atoms with Gasteiger partial charge in [-0.25, -0.2) is 0 Å². The van der Waals surface area contributed by atoms with Crippen LogP contribution >= 0.6 is 0 Å². The molecule has 7 aromatic rings. The first kappa shape index (κ1) is 32.1. The fourth-order valence-corrected chi connectivity index (χ4v) is 11.8. The van der Waals surface area contributed by atoms with Gasteiger partial charge in [0.25, 0.3) is 0 Å².